The molecule has 0 spiro atoms. The number of rotatable bonds is 5. The van der Waals surface area contributed by atoms with Gasteiger partial charge < -0.3 is 5.11 Å². The second-order valence-electron chi connectivity index (χ2n) is 4.83. The van der Waals surface area contributed by atoms with Crippen molar-refractivity contribution in [2.24, 2.45) is 0 Å². The van der Waals surface area contributed by atoms with Crippen LogP contribution < -0.4 is 0 Å². The molecule has 0 fully saturated rings. The van der Waals surface area contributed by atoms with Crippen LogP contribution in [0.15, 0.2) is 36.4 Å². The van der Waals surface area contributed by atoms with Crippen LogP contribution in [0.1, 0.15) is 36.7 Å². The maximum atomic E-state index is 9.35. The van der Waals surface area contributed by atoms with Crippen LogP contribution in [0.4, 0.5) is 0 Å². The number of aryl methyl sites for hydroxylation is 2. The third-order valence-corrected chi connectivity index (χ3v) is 3.09. The quantitative estimate of drug-likeness (QED) is 0.878. The summed E-state index contributed by atoms with van der Waals surface area (Å²) in [5, 5.41) is 13.9. The van der Waals surface area contributed by atoms with E-state index in [9.17, 15) is 5.11 Å². The summed E-state index contributed by atoms with van der Waals surface area (Å²) in [6.07, 6.45) is 0.938. The predicted octanol–water partition coefficient (Wildman–Crippen LogP) is 2.74. The molecule has 0 aliphatic carbocycles. The maximum absolute atomic E-state index is 9.35. The minimum atomic E-state index is 0.0501. The zero-order valence-corrected chi connectivity index (χ0v) is 11.0. The van der Waals surface area contributed by atoms with Crippen LogP contribution in [-0.2, 0) is 19.6 Å². The lowest BCUT2D eigenvalue weighted by Crippen LogP contribution is -2.07. The van der Waals surface area contributed by atoms with Crippen molar-refractivity contribution in [1.29, 1.82) is 0 Å². The molecular formula is C15H20N2O. The van der Waals surface area contributed by atoms with Crippen molar-refractivity contribution in [3.63, 3.8) is 0 Å². The smallest absolute Gasteiger partial charge is 0.0849 e. The van der Waals surface area contributed by atoms with E-state index in [1.165, 1.54) is 5.56 Å². The van der Waals surface area contributed by atoms with Gasteiger partial charge in [-0.05, 0) is 24.0 Å². The summed E-state index contributed by atoms with van der Waals surface area (Å²) in [5.41, 5.74) is 3.24. The highest BCUT2D eigenvalue weighted by atomic mass is 16.3. The summed E-state index contributed by atoms with van der Waals surface area (Å²) in [5.74, 6) is 0.397. The van der Waals surface area contributed by atoms with E-state index in [1.54, 1.807) is 0 Å². The summed E-state index contributed by atoms with van der Waals surface area (Å²) >= 11 is 0. The Kier molecular flexibility index (Phi) is 4.15. The third-order valence-electron chi connectivity index (χ3n) is 3.09. The molecule has 0 atom stereocenters. The summed E-state index contributed by atoms with van der Waals surface area (Å²) in [4.78, 5) is 0. The van der Waals surface area contributed by atoms with Gasteiger partial charge in [-0.1, -0.05) is 44.2 Å². The Bertz CT molecular complexity index is 488. The van der Waals surface area contributed by atoms with Crippen molar-refractivity contribution in [2.45, 2.75) is 39.3 Å². The van der Waals surface area contributed by atoms with Crippen molar-refractivity contribution >= 4 is 0 Å². The Morgan fingerprint density at radius 1 is 1.22 bits per heavy atom. The number of aliphatic hydroxyl groups excluding tert-OH is 1. The number of benzene rings is 1. The molecule has 1 N–H and O–H groups in total. The molecule has 0 aliphatic rings. The standard InChI is InChI=1S/C15H20N2O/c1-12(2)15-10-14(11-18)17(16-15)9-8-13-6-4-3-5-7-13/h3-7,10,12,18H,8-9,11H2,1-2H3. The van der Waals surface area contributed by atoms with Gasteiger partial charge in [0.1, 0.15) is 0 Å². The Morgan fingerprint density at radius 3 is 2.56 bits per heavy atom. The van der Waals surface area contributed by atoms with Crippen molar-refractivity contribution in [3.8, 4) is 0 Å². The molecule has 1 aromatic heterocycles. The van der Waals surface area contributed by atoms with Gasteiger partial charge in [0.2, 0.25) is 0 Å². The molecule has 0 saturated carbocycles. The molecule has 0 amide bonds. The number of aliphatic hydroxyl groups is 1. The number of hydrogen-bond donors (Lipinski definition) is 1. The molecule has 0 aliphatic heterocycles. The van der Waals surface area contributed by atoms with E-state index in [1.807, 2.05) is 28.9 Å². The average Bonchev–Trinajstić information content (AvgIpc) is 2.81. The summed E-state index contributed by atoms with van der Waals surface area (Å²) in [6, 6.07) is 12.3. The van der Waals surface area contributed by atoms with Gasteiger partial charge in [-0.25, -0.2) is 0 Å². The van der Waals surface area contributed by atoms with Gasteiger partial charge in [0.05, 0.1) is 18.0 Å². The SMILES string of the molecule is CC(C)c1cc(CO)n(CCc2ccccc2)n1. The first-order valence-corrected chi connectivity index (χ1v) is 6.42. The molecule has 0 radical (unpaired) electrons. The molecule has 2 rings (SSSR count). The number of hydrogen-bond acceptors (Lipinski definition) is 2. The van der Waals surface area contributed by atoms with Crippen LogP contribution in [0.5, 0.6) is 0 Å². The minimum Gasteiger partial charge on any atom is -0.390 e. The van der Waals surface area contributed by atoms with Gasteiger partial charge in [-0.2, -0.15) is 5.10 Å². The fourth-order valence-electron chi connectivity index (χ4n) is 1.96. The Hall–Kier alpha value is -1.61. The molecule has 0 unspecified atom stereocenters. The zero-order valence-electron chi connectivity index (χ0n) is 11.0. The number of nitrogens with zero attached hydrogens (tertiary/aromatic N) is 2. The lowest BCUT2D eigenvalue weighted by Gasteiger charge is -2.05. The second-order valence-corrected chi connectivity index (χ2v) is 4.83. The first kappa shape index (κ1) is 12.8. The third kappa shape index (κ3) is 2.99. The molecule has 96 valence electrons. The van der Waals surface area contributed by atoms with Gasteiger partial charge in [0.25, 0.3) is 0 Å². The minimum absolute atomic E-state index is 0.0501. The van der Waals surface area contributed by atoms with Crippen molar-refractivity contribution in [1.82, 2.24) is 9.78 Å². The molecule has 3 heteroatoms. The molecule has 3 nitrogen and oxygen atoms in total. The van der Waals surface area contributed by atoms with E-state index < -0.39 is 0 Å². The molecule has 0 saturated heterocycles. The van der Waals surface area contributed by atoms with E-state index in [-0.39, 0.29) is 6.61 Å². The summed E-state index contributed by atoms with van der Waals surface area (Å²) < 4.78 is 1.92. The fraction of sp³-hybridized carbons (Fsp3) is 0.400. The lowest BCUT2D eigenvalue weighted by molar-refractivity contribution is 0.267. The van der Waals surface area contributed by atoms with E-state index in [0.29, 0.717) is 5.92 Å². The largest absolute Gasteiger partial charge is 0.390 e. The molecule has 1 heterocycles. The van der Waals surface area contributed by atoms with E-state index in [0.717, 1.165) is 24.4 Å². The van der Waals surface area contributed by atoms with E-state index in [4.69, 9.17) is 0 Å². The number of aromatic nitrogens is 2. The maximum Gasteiger partial charge on any atom is 0.0849 e. The first-order chi connectivity index (χ1) is 8.70. The highest BCUT2D eigenvalue weighted by Crippen LogP contribution is 2.15. The topological polar surface area (TPSA) is 38.0 Å². The summed E-state index contributed by atoms with van der Waals surface area (Å²) in [7, 11) is 0. The highest BCUT2D eigenvalue weighted by molar-refractivity contribution is 5.16. The van der Waals surface area contributed by atoms with Gasteiger partial charge in [-0.15, -0.1) is 0 Å². The van der Waals surface area contributed by atoms with Crippen LogP contribution in [-0.4, -0.2) is 14.9 Å². The van der Waals surface area contributed by atoms with Crippen molar-refractivity contribution < 1.29 is 5.11 Å². The van der Waals surface area contributed by atoms with Crippen LogP contribution in [0.3, 0.4) is 0 Å². The van der Waals surface area contributed by atoms with Gasteiger partial charge >= 0.3 is 0 Å². The van der Waals surface area contributed by atoms with Gasteiger partial charge in [-0.3, -0.25) is 4.68 Å². The normalized spacial score (nSPS) is 11.1. The lowest BCUT2D eigenvalue weighted by atomic mass is 10.1. The van der Waals surface area contributed by atoms with Crippen LogP contribution in [0.2, 0.25) is 0 Å². The van der Waals surface area contributed by atoms with Crippen molar-refractivity contribution in [2.75, 3.05) is 0 Å². The monoisotopic (exact) mass is 244 g/mol. The Balaban J connectivity index is 2.09. The van der Waals surface area contributed by atoms with Gasteiger partial charge in [0.15, 0.2) is 0 Å². The van der Waals surface area contributed by atoms with Crippen molar-refractivity contribution in [3.05, 3.63) is 53.3 Å². The first-order valence-electron chi connectivity index (χ1n) is 6.42. The Labute approximate surface area is 108 Å². The Morgan fingerprint density at radius 2 is 1.94 bits per heavy atom. The van der Waals surface area contributed by atoms with Crippen LogP contribution in [0.25, 0.3) is 0 Å². The molecule has 0 bridgehead atoms. The molecule has 18 heavy (non-hydrogen) atoms. The average molecular weight is 244 g/mol. The van der Waals surface area contributed by atoms with Crippen LogP contribution in [0, 0.1) is 0 Å². The van der Waals surface area contributed by atoms with Crippen LogP contribution >= 0.6 is 0 Å². The molecule has 2 aromatic rings. The fourth-order valence-corrected chi connectivity index (χ4v) is 1.96. The second kappa shape index (κ2) is 5.83. The predicted molar refractivity (Wildman–Crippen MR) is 72.4 cm³/mol. The van der Waals surface area contributed by atoms with Gasteiger partial charge in [0, 0.05) is 6.54 Å². The zero-order chi connectivity index (χ0) is 13.0. The molecular weight excluding hydrogens is 224 g/mol. The van der Waals surface area contributed by atoms with E-state index in [2.05, 4.69) is 31.1 Å². The highest BCUT2D eigenvalue weighted by Gasteiger charge is 2.09. The van der Waals surface area contributed by atoms with E-state index >= 15 is 0 Å². The summed E-state index contributed by atoms with van der Waals surface area (Å²) in [6.45, 7) is 5.09. The molecule has 1 aromatic carbocycles.